The van der Waals surface area contributed by atoms with Crippen LogP contribution in [0.25, 0.3) is 0 Å². The SMILES string of the molecule is CCCC(CNC1CC1)N1CCC(N2CCCC2)C1. The molecule has 3 rings (SSSR count). The fraction of sp³-hybridized carbons (Fsp3) is 1.00. The lowest BCUT2D eigenvalue weighted by atomic mass is 10.1. The van der Waals surface area contributed by atoms with Gasteiger partial charge in [0.1, 0.15) is 0 Å². The highest BCUT2D eigenvalue weighted by atomic mass is 15.3. The standard InChI is InChI=1S/C16H31N3/c1-2-5-15(12-17-14-6-7-14)19-11-8-16(13-19)18-9-3-4-10-18/h14-17H,2-13H2,1H3. The van der Waals surface area contributed by atoms with Gasteiger partial charge in [0.05, 0.1) is 0 Å². The largest absolute Gasteiger partial charge is 0.312 e. The van der Waals surface area contributed by atoms with Gasteiger partial charge >= 0.3 is 0 Å². The Morgan fingerprint density at radius 1 is 1.11 bits per heavy atom. The molecule has 2 atom stereocenters. The van der Waals surface area contributed by atoms with Crippen molar-refractivity contribution in [1.82, 2.24) is 15.1 Å². The molecule has 2 heterocycles. The van der Waals surface area contributed by atoms with Crippen LogP contribution in [0.4, 0.5) is 0 Å². The first kappa shape index (κ1) is 13.8. The third kappa shape index (κ3) is 3.71. The number of nitrogens with one attached hydrogen (secondary N) is 1. The van der Waals surface area contributed by atoms with Crippen molar-refractivity contribution in [3.63, 3.8) is 0 Å². The summed E-state index contributed by atoms with van der Waals surface area (Å²) in [6.07, 6.45) is 9.78. The molecule has 0 aromatic heterocycles. The molecule has 2 saturated heterocycles. The number of hydrogen-bond acceptors (Lipinski definition) is 3. The Hall–Kier alpha value is -0.120. The maximum absolute atomic E-state index is 3.75. The quantitative estimate of drug-likeness (QED) is 0.760. The van der Waals surface area contributed by atoms with Gasteiger partial charge in [-0.2, -0.15) is 0 Å². The van der Waals surface area contributed by atoms with Gasteiger partial charge in [0, 0.05) is 37.8 Å². The average molecular weight is 265 g/mol. The van der Waals surface area contributed by atoms with Crippen molar-refractivity contribution < 1.29 is 0 Å². The number of nitrogens with zero attached hydrogens (tertiary/aromatic N) is 2. The zero-order chi connectivity index (χ0) is 13.1. The minimum absolute atomic E-state index is 0.790. The molecule has 0 bridgehead atoms. The number of rotatable bonds is 7. The second kappa shape index (κ2) is 6.55. The summed E-state index contributed by atoms with van der Waals surface area (Å²) in [5.74, 6) is 0. The summed E-state index contributed by atoms with van der Waals surface area (Å²) in [6.45, 7) is 8.94. The van der Waals surface area contributed by atoms with Crippen LogP contribution >= 0.6 is 0 Å². The van der Waals surface area contributed by atoms with Gasteiger partial charge in [0.25, 0.3) is 0 Å². The van der Waals surface area contributed by atoms with Crippen molar-refractivity contribution in [2.45, 2.75) is 70.0 Å². The maximum Gasteiger partial charge on any atom is 0.0235 e. The molecule has 0 aromatic rings. The normalized spacial score (nSPS) is 31.1. The lowest BCUT2D eigenvalue weighted by Crippen LogP contribution is -2.43. The Bertz CT molecular complexity index is 271. The van der Waals surface area contributed by atoms with Crippen LogP contribution in [0.2, 0.25) is 0 Å². The third-order valence-corrected chi connectivity index (χ3v) is 5.21. The Balaban J connectivity index is 1.47. The molecule has 19 heavy (non-hydrogen) atoms. The van der Waals surface area contributed by atoms with Crippen molar-refractivity contribution >= 4 is 0 Å². The summed E-state index contributed by atoms with van der Waals surface area (Å²) in [4.78, 5) is 5.53. The Labute approximate surface area is 118 Å². The molecule has 1 N–H and O–H groups in total. The molecule has 3 aliphatic rings. The van der Waals surface area contributed by atoms with Crippen molar-refractivity contribution in [1.29, 1.82) is 0 Å². The second-order valence-corrected chi connectivity index (χ2v) is 6.81. The maximum atomic E-state index is 3.75. The van der Waals surface area contributed by atoms with Gasteiger partial charge in [-0.15, -0.1) is 0 Å². The summed E-state index contributed by atoms with van der Waals surface area (Å²) < 4.78 is 0. The predicted molar refractivity (Wildman–Crippen MR) is 80.5 cm³/mol. The lowest BCUT2D eigenvalue weighted by Gasteiger charge is -2.29. The van der Waals surface area contributed by atoms with Crippen LogP contribution in [0, 0.1) is 0 Å². The lowest BCUT2D eigenvalue weighted by molar-refractivity contribution is 0.188. The van der Waals surface area contributed by atoms with Crippen LogP contribution in [-0.2, 0) is 0 Å². The molecule has 1 aliphatic carbocycles. The van der Waals surface area contributed by atoms with Gasteiger partial charge in [-0.05, 0) is 51.6 Å². The fourth-order valence-electron chi connectivity index (χ4n) is 3.84. The summed E-state index contributed by atoms with van der Waals surface area (Å²) in [5, 5.41) is 3.75. The van der Waals surface area contributed by atoms with E-state index < -0.39 is 0 Å². The average Bonchev–Trinajstić information content (AvgIpc) is 2.93. The Kier molecular flexibility index (Phi) is 4.78. The predicted octanol–water partition coefficient (Wildman–Crippen LogP) is 2.08. The van der Waals surface area contributed by atoms with E-state index in [0.717, 1.165) is 18.1 Å². The summed E-state index contributed by atoms with van der Waals surface area (Å²) in [5.41, 5.74) is 0. The third-order valence-electron chi connectivity index (χ3n) is 5.21. The molecular formula is C16H31N3. The first-order valence-corrected chi connectivity index (χ1v) is 8.58. The summed E-state index contributed by atoms with van der Waals surface area (Å²) >= 11 is 0. The molecule has 0 amide bonds. The van der Waals surface area contributed by atoms with E-state index in [9.17, 15) is 0 Å². The van der Waals surface area contributed by atoms with Crippen molar-refractivity contribution in [3.05, 3.63) is 0 Å². The van der Waals surface area contributed by atoms with E-state index in [1.54, 1.807) is 0 Å². The van der Waals surface area contributed by atoms with Gasteiger partial charge in [-0.1, -0.05) is 13.3 Å². The van der Waals surface area contributed by atoms with Crippen LogP contribution < -0.4 is 5.32 Å². The molecule has 3 fully saturated rings. The Morgan fingerprint density at radius 2 is 1.89 bits per heavy atom. The van der Waals surface area contributed by atoms with Crippen LogP contribution in [0.3, 0.4) is 0 Å². The molecule has 0 aromatic carbocycles. The topological polar surface area (TPSA) is 18.5 Å². The molecule has 3 heteroatoms. The van der Waals surface area contributed by atoms with E-state index in [2.05, 4.69) is 22.0 Å². The second-order valence-electron chi connectivity index (χ2n) is 6.81. The van der Waals surface area contributed by atoms with E-state index in [0.29, 0.717) is 0 Å². The monoisotopic (exact) mass is 265 g/mol. The van der Waals surface area contributed by atoms with Gasteiger partial charge in [-0.3, -0.25) is 9.80 Å². The van der Waals surface area contributed by atoms with E-state index in [1.807, 2.05) is 0 Å². The molecular weight excluding hydrogens is 234 g/mol. The van der Waals surface area contributed by atoms with Crippen LogP contribution in [0.5, 0.6) is 0 Å². The van der Waals surface area contributed by atoms with Gasteiger partial charge in [0.2, 0.25) is 0 Å². The molecule has 0 spiro atoms. The first-order chi connectivity index (χ1) is 9.36. The highest BCUT2D eigenvalue weighted by Crippen LogP contribution is 2.24. The minimum Gasteiger partial charge on any atom is -0.312 e. The van der Waals surface area contributed by atoms with Gasteiger partial charge in [0.15, 0.2) is 0 Å². The van der Waals surface area contributed by atoms with Crippen LogP contribution in [0.1, 0.15) is 51.9 Å². The van der Waals surface area contributed by atoms with Crippen LogP contribution in [0.15, 0.2) is 0 Å². The van der Waals surface area contributed by atoms with E-state index in [4.69, 9.17) is 0 Å². The zero-order valence-electron chi connectivity index (χ0n) is 12.6. The Morgan fingerprint density at radius 3 is 2.58 bits per heavy atom. The fourth-order valence-corrected chi connectivity index (χ4v) is 3.84. The van der Waals surface area contributed by atoms with E-state index >= 15 is 0 Å². The zero-order valence-corrected chi connectivity index (χ0v) is 12.6. The van der Waals surface area contributed by atoms with Gasteiger partial charge in [-0.25, -0.2) is 0 Å². The molecule has 110 valence electrons. The van der Waals surface area contributed by atoms with Crippen molar-refractivity contribution in [3.8, 4) is 0 Å². The minimum atomic E-state index is 0.790. The van der Waals surface area contributed by atoms with Crippen molar-refractivity contribution in [2.24, 2.45) is 0 Å². The first-order valence-electron chi connectivity index (χ1n) is 8.58. The molecule has 3 nitrogen and oxygen atoms in total. The highest BCUT2D eigenvalue weighted by molar-refractivity contribution is 4.90. The summed E-state index contributed by atoms with van der Waals surface area (Å²) in [6, 6.07) is 2.51. The number of likely N-dealkylation sites (tertiary alicyclic amines) is 2. The highest BCUT2D eigenvalue weighted by Gasteiger charge is 2.33. The molecule has 2 aliphatic heterocycles. The number of hydrogen-bond donors (Lipinski definition) is 1. The van der Waals surface area contributed by atoms with Crippen molar-refractivity contribution in [2.75, 3.05) is 32.7 Å². The summed E-state index contributed by atoms with van der Waals surface area (Å²) in [7, 11) is 0. The van der Waals surface area contributed by atoms with Gasteiger partial charge < -0.3 is 5.32 Å². The van der Waals surface area contributed by atoms with E-state index in [1.165, 1.54) is 77.7 Å². The smallest absolute Gasteiger partial charge is 0.0235 e. The molecule has 0 radical (unpaired) electrons. The van der Waals surface area contributed by atoms with Crippen LogP contribution in [-0.4, -0.2) is 60.6 Å². The molecule has 2 unspecified atom stereocenters. The molecule has 1 saturated carbocycles. The van der Waals surface area contributed by atoms with E-state index in [-0.39, 0.29) is 0 Å².